The Kier molecular flexibility index (Phi) is 3.69. The first kappa shape index (κ1) is 12.9. The molecule has 0 fully saturated rings. The van der Waals surface area contributed by atoms with Crippen LogP contribution in [-0.2, 0) is 0 Å². The van der Waals surface area contributed by atoms with E-state index in [0.29, 0.717) is 11.1 Å². The van der Waals surface area contributed by atoms with E-state index in [-0.39, 0.29) is 11.5 Å². The van der Waals surface area contributed by atoms with E-state index in [9.17, 15) is 4.79 Å². The maximum Gasteiger partial charge on any atom is 0.369 e. The second-order valence-electron chi connectivity index (χ2n) is 4.51. The van der Waals surface area contributed by atoms with Gasteiger partial charge in [-0.05, 0) is 26.0 Å². The molecule has 0 aromatic heterocycles. The molecule has 0 saturated carbocycles. The van der Waals surface area contributed by atoms with Gasteiger partial charge in [-0.1, -0.05) is 47.5 Å². The Labute approximate surface area is 112 Å². The fourth-order valence-corrected chi connectivity index (χ4v) is 1.79. The number of hydrogen-bond acceptors (Lipinski definition) is 1. The number of carbonyl (C=O) groups excluding carboxylic acids is 1. The highest BCUT2D eigenvalue weighted by Gasteiger charge is 2.23. The summed E-state index contributed by atoms with van der Waals surface area (Å²) in [5, 5.41) is 0. The molecule has 0 amide bonds. The third-order valence-electron chi connectivity index (χ3n) is 2.95. The molecule has 2 aromatic rings. The highest BCUT2D eigenvalue weighted by atomic mass is 16.1. The summed E-state index contributed by atoms with van der Waals surface area (Å²) < 4.78 is 0. The third-order valence-corrected chi connectivity index (χ3v) is 2.95. The lowest BCUT2D eigenvalue weighted by atomic mass is 9.99. The van der Waals surface area contributed by atoms with Gasteiger partial charge >= 0.3 is 5.71 Å². The first-order valence-electron chi connectivity index (χ1n) is 6.02. The van der Waals surface area contributed by atoms with Gasteiger partial charge in [-0.2, -0.15) is 4.79 Å². The normalized spacial score (nSPS) is 9.79. The second-order valence-corrected chi connectivity index (χ2v) is 4.51. The van der Waals surface area contributed by atoms with Crippen molar-refractivity contribution >= 4 is 11.5 Å². The van der Waals surface area contributed by atoms with Crippen molar-refractivity contribution in [2.45, 2.75) is 13.8 Å². The SMILES string of the molecule is Cc1ccc(C(=O)C(=[N+]=[N-])c2ccc(C)cc2)cc1. The molecule has 94 valence electrons. The monoisotopic (exact) mass is 250 g/mol. The lowest BCUT2D eigenvalue weighted by Gasteiger charge is -1.99. The molecule has 0 heterocycles. The van der Waals surface area contributed by atoms with E-state index in [1.807, 2.05) is 38.1 Å². The van der Waals surface area contributed by atoms with Crippen LogP contribution in [0, 0.1) is 13.8 Å². The Morgan fingerprint density at radius 1 is 0.842 bits per heavy atom. The Morgan fingerprint density at radius 2 is 1.26 bits per heavy atom. The van der Waals surface area contributed by atoms with Gasteiger partial charge < -0.3 is 5.53 Å². The number of hydrogen-bond donors (Lipinski definition) is 0. The van der Waals surface area contributed by atoms with Crippen molar-refractivity contribution < 1.29 is 9.58 Å². The molecule has 19 heavy (non-hydrogen) atoms. The number of aryl methyl sites for hydroxylation is 2. The van der Waals surface area contributed by atoms with Crippen LogP contribution >= 0.6 is 0 Å². The van der Waals surface area contributed by atoms with Crippen molar-refractivity contribution in [3.8, 4) is 0 Å². The van der Waals surface area contributed by atoms with Crippen LogP contribution in [0.25, 0.3) is 5.53 Å². The molecule has 2 rings (SSSR count). The predicted molar refractivity (Wildman–Crippen MR) is 74.4 cm³/mol. The lowest BCUT2D eigenvalue weighted by molar-refractivity contribution is -0.00497. The molecule has 0 bridgehead atoms. The van der Waals surface area contributed by atoms with E-state index >= 15 is 0 Å². The summed E-state index contributed by atoms with van der Waals surface area (Å²) in [6.07, 6.45) is 0. The molecular weight excluding hydrogens is 236 g/mol. The molecule has 3 heteroatoms. The molecule has 2 aromatic carbocycles. The molecule has 0 radical (unpaired) electrons. The van der Waals surface area contributed by atoms with Crippen molar-refractivity contribution in [2.75, 3.05) is 0 Å². The van der Waals surface area contributed by atoms with Crippen molar-refractivity contribution in [3.05, 3.63) is 76.3 Å². The number of nitrogens with zero attached hydrogens (tertiary/aromatic N) is 2. The lowest BCUT2D eigenvalue weighted by Crippen LogP contribution is -2.17. The van der Waals surface area contributed by atoms with E-state index in [2.05, 4.69) is 4.79 Å². The minimum atomic E-state index is -0.286. The van der Waals surface area contributed by atoms with Crippen molar-refractivity contribution in [2.24, 2.45) is 0 Å². The molecule has 0 saturated heterocycles. The molecule has 0 aliphatic rings. The standard InChI is InChI=1S/C16H14N2O/c1-11-3-7-13(8-4-11)15(18-17)16(19)14-9-5-12(2)6-10-14/h3-10H,1-2H3. The first-order chi connectivity index (χ1) is 9.11. The number of benzene rings is 2. The van der Waals surface area contributed by atoms with Crippen molar-refractivity contribution in [1.82, 2.24) is 0 Å². The maximum absolute atomic E-state index is 12.3. The zero-order valence-corrected chi connectivity index (χ0v) is 10.9. The second kappa shape index (κ2) is 5.42. The zero-order valence-electron chi connectivity index (χ0n) is 10.9. The van der Waals surface area contributed by atoms with Crippen molar-refractivity contribution in [1.29, 1.82) is 0 Å². The third kappa shape index (κ3) is 2.84. The summed E-state index contributed by atoms with van der Waals surface area (Å²) >= 11 is 0. The number of Topliss-reactive ketones (excluding diaryl/α,β-unsaturated/α-hetero) is 1. The minimum absolute atomic E-state index is 0.0591. The molecule has 0 spiro atoms. The number of ketones is 1. The van der Waals surface area contributed by atoms with Crippen LogP contribution in [0.3, 0.4) is 0 Å². The number of rotatable bonds is 3. The molecule has 0 unspecified atom stereocenters. The Balaban J connectivity index is 2.38. The predicted octanol–water partition coefficient (Wildman–Crippen LogP) is 3.21. The average molecular weight is 250 g/mol. The molecule has 0 N–H and O–H groups in total. The summed E-state index contributed by atoms with van der Waals surface area (Å²) in [6.45, 7) is 3.91. The number of carbonyl (C=O) groups is 1. The molecule has 0 atom stereocenters. The van der Waals surface area contributed by atoms with E-state index in [1.165, 1.54) is 0 Å². The topological polar surface area (TPSA) is 53.5 Å². The Morgan fingerprint density at radius 3 is 1.68 bits per heavy atom. The summed E-state index contributed by atoms with van der Waals surface area (Å²) in [5.74, 6) is -0.286. The van der Waals surface area contributed by atoms with Crippen LogP contribution in [0.4, 0.5) is 0 Å². The smallest absolute Gasteiger partial charge is 0.361 e. The van der Waals surface area contributed by atoms with Gasteiger partial charge in [-0.25, -0.2) is 0 Å². The van der Waals surface area contributed by atoms with Gasteiger partial charge in [0.05, 0.1) is 5.56 Å². The summed E-state index contributed by atoms with van der Waals surface area (Å²) in [5.41, 5.74) is 12.4. The summed E-state index contributed by atoms with van der Waals surface area (Å²) in [4.78, 5) is 15.4. The van der Waals surface area contributed by atoms with Crippen LogP contribution < -0.4 is 0 Å². The van der Waals surface area contributed by atoms with Gasteiger partial charge in [0.1, 0.15) is 0 Å². The molecule has 3 nitrogen and oxygen atoms in total. The quantitative estimate of drug-likeness (QED) is 0.357. The van der Waals surface area contributed by atoms with Crippen molar-refractivity contribution in [3.63, 3.8) is 0 Å². The highest BCUT2D eigenvalue weighted by Crippen LogP contribution is 2.10. The van der Waals surface area contributed by atoms with E-state index in [0.717, 1.165) is 11.1 Å². The minimum Gasteiger partial charge on any atom is -0.361 e. The van der Waals surface area contributed by atoms with Gasteiger partial charge in [-0.15, -0.1) is 0 Å². The van der Waals surface area contributed by atoms with Crippen LogP contribution in [-0.4, -0.2) is 16.3 Å². The summed E-state index contributed by atoms with van der Waals surface area (Å²) in [7, 11) is 0. The fourth-order valence-electron chi connectivity index (χ4n) is 1.79. The highest BCUT2D eigenvalue weighted by molar-refractivity contribution is 6.49. The van der Waals surface area contributed by atoms with E-state index < -0.39 is 0 Å². The Hall–Kier alpha value is -2.51. The first-order valence-corrected chi connectivity index (χ1v) is 6.02. The van der Waals surface area contributed by atoms with Crippen LogP contribution in [0.1, 0.15) is 27.0 Å². The van der Waals surface area contributed by atoms with Crippen LogP contribution in [0.15, 0.2) is 48.5 Å². The van der Waals surface area contributed by atoms with Crippen LogP contribution in [0.5, 0.6) is 0 Å². The average Bonchev–Trinajstić information content (AvgIpc) is 2.42. The van der Waals surface area contributed by atoms with Gasteiger partial charge in [-0.3, -0.25) is 4.79 Å². The van der Waals surface area contributed by atoms with Gasteiger partial charge in [0.2, 0.25) is 0 Å². The zero-order chi connectivity index (χ0) is 13.8. The van der Waals surface area contributed by atoms with Gasteiger partial charge in [0, 0.05) is 5.56 Å². The van der Waals surface area contributed by atoms with Gasteiger partial charge in [0.15, 0.2) is 0 Å². The maximum atomic E-state index is 12.3. The summed E-state index contributed by atoms with van der Waals surface area (Å²) in [6, 6.07) is 14.5. The largest absolute Gasteiger partial charge is 0.369 e. The Bertz CT molecular complexity index is 648. The van der Waals surface area contributed by atoms with E-state index in [4.69, 9.17) is 5.53 Å². The molecule has 0 aliphatic carbocycles. The van der Waals surface area contributed by atoms with Gasteiger partial charge in [0.25, 0.3) is 5.78 Å². The molecule has 0 aliphatic heterocycles. The van der Waals surface area contributed by atoms with Crippen LogP contribution in [0.2, 0.25) is 0 Å². The van der Waals surface area contributed by atoms with E-state index in [1.54, 1.807) is 24.3 Å². The molecular formula is C16H14N2O. The fraction of sp³-hybridized carbons (Fsp3) is 0.125.